The van der Waals surface area contributed by atoms with Gasteiger partial charge in [0.1, 0.15) is 0 Å². The number of anilines is 1. The summed E-state index contributed by atoms with van der Waals surface area (Å²) in [5, 5.41) is 8.21. The Kier molecular flexibility index (Phi) is 74.0. The van der Waals surface area contributed by atoms with Gasteiger partial charge in [-0.3, -0.25) is 24.0 Å². The Morgan fingerprint density at radius 1 is 0.328 bits per heavy atom. The van der Waals surface area contributed by atoms with E-state index < -0.39 is 33.7 Å². The topological polar surface area (TPSA) is 420 Å². The van der Waals surface area contributed by atoms with Gasteiger partial charge in [0.25, 0.3) is 0 Å². The van der Waals surface area contributed by atoms with Crippen molar-refractivity contribution in [2.24, 2.45) is 23.5 Å². The van der Waals surface area contributed by atoms with E-state index in [9.17, 15) is 37.2 Å². The summed E-state index contributed by atoms with van der Waals surface area (Å²) in [6.45, 7) is 30.4. The summed E-state index contributed by atoms with van der Waals surface area (Å²) in [6.07, 6.45) is 2.45. The Morgan fingerprint density at radius 2 is 0.619 bits per heavy atom. The number of carbonyl (C=O) groups excluding carboxylic acids is 6. The molecular weight excluding hydrogens is 1770 g/mol. The van der Waals surface area contributed by atoms with Gasteiger partial charge in [-0.1, -0.05) is 103 Å². The van der Waals surface area contributed by atoms with E-state index in [0.29, 0.717) is 353 Å². The minimum absolute atomic E-state index is 0.0485. The fraction of sp³-hybridized carbons (Fsp3) is 0.691. The van der Waals surface area contributed by atoms with E-state index in [1.807, 2.05) is 71.0 Å². The lowest BCUT2D eigenvalue weighted by Gasteiger charge is -2.24. The molecule has 4 aromatic rings. The summed E-state index contributed by atoms with van der Waals surface area (Å²) in [5.74, 6) is -3.22. The quantitative estimate of drug-likeness (QED) is 0.0240. The van der Waals surface area contributed by atoms with Gasteiger partial charge in [-0.25, -0.2) is 13.2 Å². The minimum Gasteiger partial charge on any atom is -0.379 e. The molecule has 762 valence electrons. The third-order valence-corrected chi connectivity index (χ3v) is 21.6. The molecule has 0 saturated carbocycles. The lowest BCUT2D eigenvalue weighted by molar-refractivity contribution is -0.131. The average Bonchev–Trinajstić information content (AvgIpc) is 0.813. The normalized spacial score (nSPS) is 12.4. The van der Waals surface area contributed by atoms with E-state index in [4.69, 9.17) is 119 Å². The monoisotopic (exact) mass is 1920 g/mol. The number of amides is 4. The van der Waals surface area contributed by atoms with Crippen molar-refractivity contribution >= 4 is 50.7 Å². The molecule has 134 heavy (non-hydrogen) atoms. The second-order valence-corrected chi connectivity index (χ2v) is 33.2. The number of aryl methyl sites for hydroxylation is 4. The first-order chi connectivity index (χ1) is 65.4. The van der Waals surface area contributed by atoms with Crippen LogP contribution < -0.4 is 21.7 Å². The van der Waals surface area contributed by atoms with Crippen molar-refractivity contribution in [2.75, 3.05) is 335 Å². The number of sulfone groups is 1. The number of rotatable bonds is 96. The highest BCUT2D eigenvalue weighted by molar-refractivity contribution is 7.91. The molecule has 5 N–H and O–H groups in total. The van der Waals surface area contributed by atoms with Crippen LogP contribution in [-0.2, 0) is 144 Å². The maximum absolute atomic E-state index is 13.9. The van der Waals surface area contributed by atoms with E-state index in [-0.39, 0.29) is 84.8 Å². The molecule has 36 nitrogen and oxygen atoms in total. The maximum atomic E-state index is 13.9. The fourth-order valence-electron chi connectivity index (χ4n) is 12.4. The number of ether oxygens (including phenoxy) is 24. The van der Waals surface area contributed by atoms with Crippen LogP contribution in [0.3, 0.4) is 0 Å². The number of carbonyl (C=O) groups is 6. The number of primary amides is 1. The molecule has 0 spiro atoms. The number of ketones is 3. The second kappa shape index (κ2) is 83.1. The second-order valence-electron chi connectivity index (χ2n) is 31.2. The van der Waals surface area contributed by atoms with Crippen LogP contribution in [0.25, 0.3) is 0 Å². The number of hydrogen-bond acceptors (Lipinski definition) is 32. The third kappa shape index (κ3) is 66.6. The zero-order valence-electron chi connectivity index (χ0n) is 80.1. The van der Waals surface area contributed by atoms with Crippen molar-refractivity contribution in [2.45, 2.75) is 96.9 Å². The Morgan fingerprint density at radius 3 is 0.933 bits per heavy atom. The van der Waals surface area contributed by atoms with Crippen molar-refractivity contribution in [3.05, 3.63) is 130 Å². The van der Waals surface area contributed by atoms with Gasteiger partial charge in [0, 0.05) is 61.1 Å². The van der Waals surface area contributed by atoms with E-state index in [1.54, 1.807) is 60.7 Å². The summed E-state index contributed by atoms with van der Waals surface area (Å²) >= 11 is 0. The van der Waals surface area contributed by atoms with E-state index in [0.717, 1.165) is 22.3 Å². The zero-order chi connectivity index (χ0) is 96.3. The Balaban J connectivity index is 0.743. The molecule has 0 aliphatic heterocycles. The zero-order valence-corrected chi connectivity index (χ0v) is 80.9. The van der Waals surface area contributed by atoms with Crippen LogP contribution in [0.15, 0.2) is 102 Å². The van der Waals surface area contributed by atoms with Crippen LogP contribution in [0.5, 0.6) is 0 Å². The van der Waals surface area contributed by atoms with Crippen molar-refractivity contribution in [3.8, 4) is 0 Å². The first-order valence-corrected chi connectivity index (χ1v) is 48.7. The summed E-state index contributed by atoms with van der Waals surface area (Å²) in [7, 11) is -3.74. The maximum Gasteiger partial charge on any atom is 0.312 e. The Labute approximate surface area is 794 Å². The molecule has 0 bridgehead atoms. The van der Waals surface area contributed by atoms with E-state index in [1.165, 1.54) is 0 Å². The molecule has 0 aliphatic carbocycles. The summed E-state index contributed by atoms with van der Waals surface area (Å²) < 4.78 is 160. The number of benzene rings is 4. The van der Waals surface area contributed by atoms with Crippen molar-refractivity contribution in [1.82, 2.24) is 10.6 Å². The molecule has 4 amide bonds. The predicted molar refractivity (Wildman–Crippen MR) is 501 cm³/mol. The highest BCUT2D eigenvalue weighted by atomic mass is 32.2. The molecule has 0 aromatic heterocycles. The fourth-order valence-corrected chi connectivity index (χ4v) is 13.9. The standard InChI is InChI=1S/C97H156N4O32S/c1-80(2)94(92(103)78-87(8-6-29-99-97(98)107)96(106)100-89-24-12-82(4)13-25-89)101-93(104)28-31-111-33-35-113-37-39-115-41-43-117-45-47-119-49-51-121-53-55-123-57-59-125-61-63-127-65-67-129-69-71-131-73-75-133-77-76-132-74-72-130-70-68-128-66-64-126-62-60-124-58-56-122-54-52-120-50-48-118-46-44-116-42-40-114-38-36-112-34-32-110-30-7-9-91(102)85-20-22-86(23-21-85)95(105)88(19-18-84-16-10-81(3)11-17-84)79-134(108,109)90-26-14-83(5)15-27-90/h10-17,20-27,80,87-88,94H,6-9,18-19,28-79H2,1-5H3,(H,100,106)(H,101,104)(H3,98,99,107)/t87-,88?,94+/m1/s1. The number of hydrogen-bond donors (Lipinski definition) is 4. The van der Waals surface area contributed by atoms with E-state index >= 15 is 0 Å². The molecule has 0 fully saturated rings. The molecule has 4 rings (SSSR count). The molecule has 0 radical (unpaired) electrons. The summed E-state index contributed by atoms with van der Waals surface area (Å²) in [5.41, 5.74) is 10.8. The van der Waals surface area contributed by atoms with Crippen LogP contribution in [0, 0.1) is 38.5 Å². The lowest BCUT2D eigenvalue weighted by atomic mass is 9.89. The highest BCUT2D eigenvalue weighted by Gasteiger charge is 2.31. The highest BCUT2D eigenvalue weighted by Crippen LogP contribution is 2.25. The molecular formula is C97H156N4O32S. The first-order valence-electron chi connectivity index (χ1n) is 47.0. The lowest BCUT2D eigenvalue weighted by Crippen LogP contribution is -2.45. The van der Waals surface area contributed by atoms with Crippen molar-refractivity contribution < 1.29 is 151 Å². The largest absolute Gasteiger partial charge is 0.379 e. The SMILES string of the molecule is Cc1ccc(CCC(CS(=O)(=O)c2ccc(C)cc2)C(=O)c2ccc(C(=O)CCCOCCOCCOCCOCCOCCOCCOCCOCCOCCOCCOCCOCCOCCOCCOCCOCCOCCOCCOCCOCCOCCOCCOCCOCCC(=O)N[C@H](C(=O)C[C@@H](CCCNC(N)=O)C(=O)Nc3ccc(C)cc3)C(C)C)cc2)cc1. The van der Waals surface area contributed by atoms with Gasteiger partial charge in [-0.15, -0.1) is 0 Å². The van der Waals surface area contributed by atoms with Crippen LogP contribution in [0.4, 0.5) is 10.5 Å². The molecule has 0 heterocycles. The average molecular weight is 1920 g/mol. The van der Waals surface area contributed by atoms with Crippen molar-refractivity contribution in [3.63, 3.8) is 0 Å². The number of nitrogens with two attached hydrogens (primary N) is 1. The molecule has 0 aliphatic rings. The molecule has 37 heteroatoms. The van der Waals surface area contributed by atoms with Gasteiger partial charge in [0.2, 0.25) is 11.8 Å². The number of Topliss-reactive ketones (excluding diaryl/α,β-unsaturated/α-hetero) is 3. The van der Waals surface area contributed by atoms with Crippen LogP contribution in [0.2, 0.25) is 0 Å². The van der Waals surface area contributed by atoms with Gasteiger partial charge in [-0.2, -0.15) is 0 Å². The molecule has 1 unspecified atom stereocenters. The predicted octanol–water partition coefficient (Wildman–Crippen LogP) is 8.07. The number of nitrogens with one attached hydrogen (secondary N) is 3. The summed E-state index contributed by atoms with van der Waals surface area (Å²) in [4.78, 5) is 77.8. The van der Waals surface area contributed by atoms with Gasteiger partial charge in [-0.05, 0) is 88.6 Å². The van der Waals surface area contributed by atoms with Gasteiger partial charge in [0.05, 0.1) is 327 Å². The summed E-state index contributed by atoms with van der Waals surface area (Å²) in [6, 6.07) is 27.1. The minimum atomic E-state index is -3.74. The van der Waals surface area contributed by atoms with E-state index in [2.05, 4.69) is 16.0 Å². The van der Waals surface area contributed by atoms with Crippen molar-refractivity contribution in [1.29, 1.82) is 0 Å². The van der Waals surface area contributed by atoms with Gasteiger partial charge < -0.3 is 135 Å². The van der Waals surface area contributed by atoms with Crippen LogP contribution >= 0.6 is 0 Å². The molecule has 0 saturated heterocycles. The van der Waals surface area contributed by atoms with Crippen LogP contribution in [-0.4, -0.2) is 379 Å². The first kappa shape index (κ1) is 119. The Bertz CT molecular complexity index is 3660. The third-order valence-electron chi connectivity index (χ3n) is 19.8. The van der Waals surface area contributed by atoms with Gasteiger partial charge >= 0.3 is 6.03 Å². The smallest absolute Gasteiger partial charge is 0.312 e. The molecule has 3 atom stereocenters. The van der Waals surface area contributed by atoms with Crippen LogP contribution in [0.1, 0.15) is 102 Å². The number of urea groups is 1. The Hall–Kier alpha value is -6.91. The molecule has 4 aromatic carbocycles. The van der Waals surface area contributed by atoms with Gasteiger partial charge in [0.15, 0.2) is 27.2 Å².